The molecule has 1 aromatic heterocycles. The Kier molecular flexibility index (Phi) is 2.66. The second-order valence-corrected chi connectivity index (χ2v) is 4.00. The summed E-state index contributed by atoms with van der Waals surface area (Å²) in [6, 6.07) is -1.11. The number of halogens is 1. The Labute approximate surface area is 94.1 Å². The number of aliphatic carboxylic acids is 1. The van der Waals surface area contributed by atoms with Crippen LogP contribution >= 0.6 is 15.9 Å². The van der Waals surface area contributed by atoms with Crippen molar-refractivity contribution in [1.29, 1.82) is 0 Å². The molecule has 0 amide bonds. The van der Waals surface area contributed by atoms with E-state index in [2.05, 4.69) is 21.0 Å². The number of carboxylic acids is 1. The summed E-state index contributed by atoms with van der Waals surface area (Å²) in [4.78, 5) is 10.8. The molecule has 0 bridgehead atoms. The van der Waals surface area contributed by atoms with Crippen LogP contribution in [-0.4, -0.2) is 27.5 Å². The van der Waals surface area contributed by atoms with E-state index in [1.54, 1.807) is 4.68 Å². The topological polar surface area (TPSA) is 90.4 Å². The van der Waals surface area contributed by atoms with Crippen molar-refractivity contribution in [3.63, 3.8) is 0 Å². The van der Waals surface area contributed by atoms with Gasteiger partial charge in [-0.15, -0.1) is 0 Å². The van der Waals surface area contributed by atoms with Crippen molar-refractivity contribution in [2.24, 2.45) is 5.73 Å². The Morgan fingerprint density at radius 1 is 1.73 bits per heavy atom. The first kappa shape index (κ1) is 10.4. The van der Waals surface area contributed by atoms with Gasteiger partial charge in [-0.05, 0) is 15.9 Å². The molecule has 1 aliphatic rings. The first-order chi connectivity index (χ1) is 7.11. The maximum Gasteiger partial charge on any atom is 0.325 e. The molecule has 2 heterocycles. The molecule has 0 saturated carbocycles. The summed E-state index contributed by atoms with van der Waals surface area (Å²) in [6.07, 6.45) is 0.864. The van der Waals surface area contributed by atoms with Gasteiger partial charge < -0.3 is 15.6 Å². The highest BCUT2D eigenvalue weighted by Gasteiger charge is 2.28. The molecule has 0 aliphatic carbocycles. The van der Waals surface area contributed by atoms with Crippen molar-refractivity contribution in [2.75, 3.05) is 6.61 Å². The molecule has 7 heteroatoms. The maximum atomic E-state index is 10.8. The number of carbonyl (C=O) groups is 1. The van der Waals surface area contributed by atoms with Crippen LogP contribution in [0.15, 0.2) is 4.60 Å². The summed E-state index contributed by atoms with van der Waals surface area (Å²) in [5, 5.41) is 13.0. The largest absolute Gasteiger partial charge is 0.480 e. The average molecular weight is 276 g/mol. The van der Waals surface area contributed by atoms with Gasteiger partial charge in [-0.3, -0.25) is 4.79 Å². The number of aryl methyl sites for hydroxylation is 1. The molecule has 3 N–H and O–H groups in total. The highest BCUT2D eigenvalue weighted by atomic mass is 79.9. The van der Waals surface area contributed by atoms with Crippen LogP contribution in [0, 0.1) is 0 Å². The van der Waals surface area contributed by atoms with Gasteiger partial charge in [-0.2, -0.15) is 5.10 Å². The van der Waals surface area contributed by atoms with E-state index in [9.17, 15) is 4.79 Å². The van der Waals surface area contributed by atoms with Crippen LogP contribution in [0.3, 0.4) is 0 Å². The molecule has 1 atom stereocenters. The number of aromatic nitrogens is 2. The van der Waals surface area contributed by atoms with Gasteiger partial charge in [0.15, 0.2) is 0 Å². The van der Waals surface area contributed by atoms with Crippen molar-refractivity contribution in [3.05, 3.63) is 10.2 Å². The fourth-order valence-electron chi connectivity index (χ4n) is 1.50. The molecule has 15 heavy (non-hydrogen) atoms. The molecular formula is C8H10BrN3O3. The first-order valence-electron chi connectivity index (χ1n) is 4.48. The normalized spacial score (nSPS) is 16.7. The molecule has 0 aromatic carbocycles. The van der Waals surface area contributed by atoms with Crippen LogP contribution in [0.5, 0.6) is 5.88 Å². The number of ether oxygens (including phenoxy) is 1. The van der Waals surface area contributed by atoms with E-state index < -0.39 is 12.0 Å². The molecule has 0 radical (unpaired) electrons. The minimum Gasteiger partial charge on any atom is -0.480 e. The molecule has 1 aliphatic heterocycles. The predicted octanol–water partition coefficient (Wildman–Crippen LogP) is 0.512. The van der Waals surface area contributed by atoms with Crippen LogP contribution in [0.1, 0.15) is 18.0 Å². The van der Waals surface area contributed by atoms with Crippen LogP contribution in [-0.2, 0) is 11.3 Å². The van der Waals surface area contributed by atoms with E-state index in [0.29, 0.717) is 22.7 Å². The summed E-state index contributed by atoms with van der Waals surface area (Å²) in [6.45, 7) is 1.29. The third-order valence-corrected chi connectivity index (χ3v) is 2.81. The van der Waals surface area contributed by atoms with Crippen molar-refractivity contribution in [1.82, 2.24) is 9.78 Å². The predicted molar refractivity (Wildman–Crippen MR) is 54.6 cm³/mol. The SMILES string of the molecule is NC(C(=O)O)c1c(Br)nn2c1OCCC2. The smallest absolute Gasteiger partial charge is 0.325 e. The van der Waals surface area contributed by atoms with Crippen LogP contribution in [0.4, 0.5) is 0 Å². The summed E-state index contributed by atoms with van der Waals surface area (Å²) in [7, 11) is 0. The lowest BCUT2D eigenvalue weighted by Crippen LogP contribution is -2.23. The van der Waals surface area contributed by atoms with E-state index in [1.807, 2.05) is 0 Å². The van der Waals surface area contributed by atoms with Gasteiger partial charge in [-0.1, -0.05) is 0 Å². The lowest BCUT2D eigenvalue weighted by Gasteiger charge is -2.16. The summed E-state index contributed by atoms with van der Waals surface area (Å²) >= 11 is 3.19. The molecular weight excluding hydrogens is 266 g/mol. The Morgan fingerprint density at radius 2 is 2.47 bits per heavy atom. The van der Waals surface area contributed by atoms with Gasteiger partial charge in [0.2, 0.25) is 5.88 Å². The number of fused-ring (bicyclic) bond motifs is 1. The number of nitrogens with two attached hydrogens (primary N) is 1. The van der Waals surface area contributed by atoms with Crippen LogP contribution in [0.25, 0.3) is 0 Å². The van der Waals surface area contributed by atoms with Gasteiger partial charge >= 0.3 is 5.97 Å². The minimum absolute atomic E-state index is 0.405. The fourth-order valence-corrected chi connectivity index (χ4v) is 2.11. The molecule has 1 unspecified atom stereocenters. The van der Waals surface area contributed by atoms with E-state index >= 15 is 0 Å². The summed E-state index contributed by atoms with van der Waals surface area (Å²) in [5.74, 6) is -0.635. The van der Waals surface area contributed by atoms with Crippen LogP contribution in [0.2, 0.25) is 0 Å². The molecule has 2 rings (SSSR count). The molecule has 0 saturated heterocycles. The zero-order valence-corrected chi connectivity index (χ0v) is 9.40. The Bertz CT molecular complexity index is 404. The second-order valence-electron chi connectivity index (χ2n) is 3.25. The zero-order chi connectivity index (χ0) is 11.0. The third kappa shape index (κ3) is 1.72. The standard InChI is InChI=1S/C8H10BrN3O3/c9-6-4(5(10)8(13)14)7-12(11-6)2-1-3-15-7/h5H,1-3,10H2,(H,13,14). The zero-order valence-electron chi connectivity index (χ0n) is 7.81. The number of nitrogens with zero attached hydrogens (tertiary/aromatic N) is 2. The highest BCUT2D eigenvalue weighted by molar-refractivity contribution is 9.10. The quantitative estimate of drug-likeness (QED) is 0.821. The van der Waals surface area contributed by atoms with Crippen LogP contribution < -0.4 is 10.5 Å². The fraction of sp³-hybridized carbons (Fsp3) is 0.500. The van der Waals surface area contributed by atoms with Crippen molar-refractivity contribution in [2.45, 2.75) is 19.0 Å². The number of hydrogen-bond acceptors (Lipinski definition) is 4. The van der Waals surface area contributed by atoms with Crippen molar-refractivity contribution < 1.29 is 14.6 Å². The molecule has 82 valence electrons. The van der Waals surface area contributed by atoms with Gasteiger partial charge in [0.05, 0.1) is 12.2 Å². The van der Waals surface area contributed by atoms with E-state index in [1.165, 1.54) is 0 Å². The van der Waals surface area contributed by atoms with E-state index in [4.69, 9.17) is 15.6 Å². The summed E-state index contributed by atoms with van der Waals surface area (Å²) in [5.41, 5.74) is 5.95. The first-order valence-corrected chi connectivity index (χ1v) is 5.28. The Hall–Kier alpha value is -1.08. The number of carboxylic acid groups (broad SMARTS) is 1. The average Bonchev–Trinajstić information content (AvgIpc) is 2.52. The van der Waals surface area contributed by atoms with Crippen molar-refractivity contribution in [3.8, 4) is 5.88 Å². The Balaban J connectivity index is 2.46. The lowest BCUT2D eigenvalue weighted by atomic mass is 10.1. The summed E-state index contributed by atoms with van der Waals surface area (Å²) < 4.78 is 7.44. The van der Waals surface area contributed by atoms with Crippen molar-refractivity contribution >= 4 is 21.9 Å². The van der Waals surface area contributed by atoms with E-state index in [0.717, 1.165) is 13.0 Å². The van der Waals surface area contributed by atoms with Gasteiger partial charge in [-0.25, -0.2) is 4.68 Å². The van der Waals surface area contributed by atoms with E-state index in [-0.39, 0.29) is 0 Å². The third-order valence-electron chi connectivity index (χ3n) is 2.23. The molecule has 0 fully saturated rings. The highest BCUT2D eigenvalue weighted by Crippen LogP contribution is 2.33. The Morgan fingerprint density at radius 3 is 3.13 bits per heavy atom. The number of hydrogen-bond donors (Lipinski definition) is 2. The van der Waals surface area contributed by atoms with Gasteiger partial charge in [0.25, 0.3) is 0 Å². The molecule has 0 spiro atoms. The van der Waals surface area contributed by atoms with Gasteiger partial charge in [0, 0.05) is 13.0 Å². The number of rotatable bonds is 2. The molecule has 6 nitrogen and oxygen atoms in total. The second kappa shape index (κ2) is 3.82. The monoisotopic (exact) mass is 275 g/mol. The maximum absolute atomic E-state index is 10.8. The van der Waals surface area contributed by atoms with Gasteiger partial charge in [0.1, 0.15) is 10.6 Å². The molecule has 1 aromatic rings. The minimum atomic E-state index is -1.11. The lowest BCUT2D eigenvalue weighted by molar-refractivity contribution is -0.138.